The summed E-state index contributed by atoms with van der Waals surface area (Å²) in [7, 11) is 0. The highest BCUT2D eigenvalue weighted by Crippen LogP contribution is 2.27. The highest BCUT2D eigenvalue weighted by molar-refractivity contribution is 6.31. The molecule has 1 aromatic carbocycles. The van der Waals surface area contributed by atoms with Gasteiger partial charge in [-0.2, -0.15) is 0 Å². The first-order valence-electron chi connectivity index (χ1n) is 7.89. The molecule has 0 bridgehead atoms. The second kappa shape index (κ2) is 6.18. The molecule has 25 heavy (non-hydrogen) atoms. The number of rotatable bonds is 3. The number of halogens is 1. The number of pyridine rings is 2. The first-order chi connectivity index (χ1) is 12.1. The molecule has 6 heteroatoms. The van der Waals surface area contributed by atoms with E-state index < -0.39 is 0 Å². The van der Waals surface area contributed by atoms with E-state index in [1.807, 2.05) is 54.9 Å². The lowest BCUT2D eigenvalue weighted by atomic mass is 10.1. The predicted molar refractivity (Wildman–Crippen MR) is 101 cm³/mol. The lowest BCUT2D eigenvalue weighted by Crippen LogP contribution is -1.99. The Labute approximate surface area is 150 Å². The van der Waals surface area contributed by atoms with E-state index in [4.69, 9.17) is 11.6 Å². The van der Waals surface area contributed by atoms with Crippen molar-refractivity contribution in [2.75, 3.05) is 5.32 Å². The van der Waals surface area contributed by atoms with Gasteiger partial charge in [-0.15, -0.1) is 0 Å². The fourth-order valence-electron chi connectivity index (χ4n) is 2.86. The zero-order chi connectivity index (χ0) is 17.4. The molecule has 4 aromatic rings. The van der Waals surface area contributed by atoms with Gasteiger partial charge in [-0.3, -0.25) is 9.55 Å². The third-order valence-corrected chi connectivity index (χ3v) is 4.23. The minimum absolute atomic E-state index is 0.698. The van der Waals surface area contributed by atoms with E-state index in [2.05, 4.69) is 20.3 Å². The molecule has 0 amide bonds. The number of benzene rings is 1. The van der Waals surface area contributed by atoms with Crippen LogP contribution in [0.1, 0.15) is 11.5 Å². The van der Waals surface area contributed by atoms with E-state index in [-0.39, 0.29) is 0 Å². The average molecular weight is 350 g/mol. The Morgan fingerprint density at radius 3 is 2.64 bits per heavy atom. The van der Waals surface area contributed by atoms with Crippen molar-refractivity contribution in [2.24, 2.45) is 0 Å². The molecule has 0 aliphatic carbocycles. The van der Waals surface area contributed by atoms with Gasteiger partial charge >= 0.3 is 0 Å². The van der Waals surface area contributed by atoms with Gasteiger partial charge in [0.25, 0.3) is 0 Å². The normalized spacial score (nSPS) is 11.0. The fourth-order valence-corrected chi connectivity index (χ4v) is 3.04. The maximum absolute atomic E-state index is 6.06. The Bertz CT molecular complexity index is 1050. The third kappa shape index (κ3) is 3.06. The number of anilines is 2. The van der Waals surface area contributed by atoms with Gasteiger partial charge in [0.1, 0.15) is 11.6 Å². The fraction of sp³-hybridized carbons (Fsp3) is 0.105. The summed E-state index contributed by atoms with van der Waals surface area (Å²) in [5, 5.41) is 6.12. The molecule has 0 spiro atoms. The number of nitrogens with one attached hydrogen (secondary N) is 1. The quantitative estimate of drug-likeness (QED) is 0.575. The van der Waals surface area contributed by atoms with Gasteiger partial charge in [0.2, 0.25) is 0 Å². The highest BCUT2D eigenvalue weighted by Gasteiger charge is 2.06. The van der Waals surface area contributed by atoms with Gasteiger partial charge in [-0.1, -0.05) is 17.7 Å². The molecule has 0 aliphatic heterocycles. The van der Waals surface area contributed by atoms with Crippen molar-refractivity contribution in [3.05, 3.63) is 71.7 Å². The van der Waals surface area contributed by atoms with E-state index in [1.165, 1.54) is 0 Å². The second-order valence-corrected chi connectivity index (χ2v) is 6.32. The van der Waals surface area contributed by atoms with E-state index >= 15 is 0 Å². The first-order valence-corrected chi connectivity index (χ1v) is 8.27. The highest BCUT2D eigenvalue weighted by atomic mass is 35.5. The van der Waals surface area contributed by atoms with Crippen LogP contribution in [0.5, 0.6) is 0 Å². The average Bonchev–Trinajstić information content (AvgIpc) is 2.94. The number of aryl methyl sites for hydroxylation is 2. The molecule has 3 aromatic heterocycles. The van der Waals surface area contributed by atoms with Crippen molar-refractivity contribution in [2.45, 2.75) is 13.8 Å². The first kappa shape index (κ1) is 15.6. The van der Waals surface area contributed by atoms with Crippen LogP contribution >= 0.6 is 11.6 Å². The van der Waals surface area contributed by atoms with Crippen LogP contribution < -0.4 is 5.32 Å². The van der Waals surface area contributed by atoms with Gasteiger partial charge in [-0.05, 0) is 38.1 Å². The summed E-state index contributed by atoms with van der Waals surface area (Å²) in [4.78, 5) is 13.2. The molecule has 0 saturated carbocycles. The van der Waals surface area contributed by atoms with E-state index in [9.17, 15) is 0 Å². The SMILES string of the molecule is Cc1cn(-c2ccc(Nc3cncc4cc(Cl)ccc34)cn2)c(C)n1. The maximum atomic E-state index is 6.06. The predicted octanol–water partition coefficient (Wildman–Crippen LogP) is 4.83. The van der Waals surface area contributed by atoms with Crippen molar-refractivity contribution < 1.29 is 0 Å². The van der Waals surface area contributed by atoms with Crippen LogP contribution in [0.2, 0.25) is 5.02 Å². The summed E-state index contributed by atoms with van der Waals surface area (Å²) < 4.78 is 1.97. The van der Waals surface area contributed by atoms with E-state index in [1.54, 1.807) is 18.6 Å². The minimum atomic E-state index is 0.698. The zero-order valence-electron chi connectivity index (χ0n) is 13.9. The van der Waals surface area contributed by atoms with Crippen molar-refractivity contribution in [3.8, 4) is 5.82 Å². The number of nitrogens with zero attached hydrogens (tertiary/aromatic N) is 4. The molecular formula is C19H16ClN5. The van der Waals surface area contributed by atoms with E-state index in [0.717, 1.165) is 39.5 Å². The third-order valence-electron chi connectivity index (χ3n) is 4.00. The van der Waals surface area contributed by atoms with Crippen LogP contribution in [0.15, 0.2) is 55.1 Å². The van der Waals surface area contributed by atoms with Crippen LogP contribution in [0.3, 0.4) is 0 Å². The maximum Gasteiger partial charge on any atom is 0.138 e. The molecule has 0 fully saturated rings. The van der Waals surface area contributed by atoms with Gasteiger partial charge in [0.05, 0.1) is 29.5 Å². The Balaban J connectivity index is 1.65. The Hall–Kier alpha value is -2.92. The number of hydrogen-bond acceptors (Lipinski definition) is 4. The van der Waals surface area contributed by atoms with Gasteiger partial charge in [-0.25, -0.2) is 9.97 Å². The van der Waals surface area contributed by atoms with E-state index in [0.29, 0.717) is 5.02 Å². The minimum Gasteiger partial charge on any atom is -0.352 e. The monoisotopic (exact) mass is 349 g/mol. The molecular weight excluding hydrogens is 334 g/mol. The van der Waals surface area contributed by atoms with Crippen LogP contribution in [-0.4, -0.2) is 19.5 Å². The van der Waals surface area contributed by atoms with Crippen molar-refractivity contribution in [1.29, 1.82) is 0 Å². The summed E-state index contributed by atoms with van der Waals surface area (Å²) in [6, 6.07) is 9.72. The largest absolute Gasteiger partial charge is 0.352 e. The summed E-state index contributed by atoms with van der Waals surface area (Å²) in [5.41, 5.74) is 2.78. The lowest BCUT2D eigenvalue weighted by Gasteiger charge is -2.10. The number of aromatic nitrogens is 4. The van der Waals surface area contributed by atoms with Crippen LogP contribution in [0.25, 0.3) is 16.6 Å². The summed E-state index contributed by atoms with van der Waals surface area (Å²) in [6.07, 6.45) is 7.38. The lowest BCUT2D eigenvalue weighted by molar-refractivity contribution is 0.933. The Morgan fingerprint density at radius 2 is 1.92 bits per heavy atom. The summed E-state index contributed by atoms with van der Waals surface area (Å²) in [6.45, 7) is 3.94. The van der Waals surface area contributed by atoms with Crippen molar-refractivity contribution in [3.63, 3.8) is 0 Å². The van der Waals surface area contributed by atoms with Gasteiger partial charge in [0, 0.05) is 28.2 Å². The number of hydrogen-bond donors (Lipinski definition) is 1. The van der Waals surface area contributed by atoms with Crippen molar-refractivity contribution in [1.82, 2.24) is 19.5 Å². The summed E-state index contributed by atoms with van der Waals surface area (Å²) >= 11 is 6.06. The Kier molecular flexibility index (Phi) is 3.86. The number of fused-ring (bicyclic) bond motifs is 1. The second-order valence-electron chi connectivity index (χ2n) is 5.88. The number of imidazole rings is 1. The molecule has 4 rings (SSSR count). The molecule has 1 N–H and O–H groups in total. The molecule has 124 valence electrons. The molecule has 0 unspecified atom stereocenters. The molecule has 0 atom stereocenters. The van der Waals surface area contributed by atoms with Crippen LogP contribution in [0.4, 0.5) is 11.4 Å². The smallest absolute Gasteiger partial charge is 0.138 e. The zero-order valence-corrected chi connectivity index (χ0v) is 14.6. The van der Waals surface area contributed by atoms with Crippen LogP contribution in [-0.2, 0) is 0 Å². The van der Waals surface area contributed by atoms with Gasteiger partial charge in [0.15, 0.2) is 0 Å². The standard InChI is InChI=1S/C19H16ClN5/c1-12-11-25(13(2)23-12)19-6-4-16(9-22-19)24-18-10-21-8-14-7-15(20)3-5-17(14)18/h3-11,24H,1-2H3. The topological polar surface area (TPSA) is 55.6 Å². The molecule has 3 heterocycles. The molecule has 0 radical (unpaired) electrons. The molecule has 0 saturated heterocycles. The van der Waals surface area contributed by atoms with Crippen molar-refractivity contribution >= 4 is 33.7 Å². The molecule has 5 nitrogen and oxygen atoms in total. The van der Waals surface area contributed by atoms with Gasteiger partial charge < -0.3 is 5.32 Å². The molecule has 0 aliphatic rings. The summed E-state index contributed by atoms with van der Waals surface area (Å²) in [5.74, 6) is 1.76. The van der Waals surface area contributed by atoms with Crippen LogP contribution in [0, 0.1) is 13.8 Å². The Morgan fingerprint density at radius 1 is 1.04 bits per heavy atom.